The van der Waals surface area contributed by atoms with Crippen molar-refractivity contribution in [2.24, 2.45) is 5.73 Å². The molecule has 3 aromatic carbocycles. The minimum Gasteiger partial charge on any atom is -0.490 e. The zero-order valence-corrected chi connectivity index (χ0v) is 22.6. The molecule has 1 amide bonds. The van der Waals surface area contributed by atoms with Gasteiger partial charge in [0.25, 0.3) is 5.91 Å². The van der Waals surface area contributed by atoms with Crippen molar-refractivity contribution in [2.45, 2.75) is 18.3 Å². The first-order valence-electron chi connectivity index (χ1n) is 12.4. The van der Waals surface area contributed by atoms with E-state index < -0.39 is 21.0 Å². The van der Waals surface area contributed by atoms with E-state index in [-0.39, 0.29) is 17.6 Å². The Labute approximate surface area is 226 Å². The lowest BCUT2D eigenvalue weighted by Crippen LogP contribution is -2.41. The van der Waals surface area contributed by atoms with Crippen molar-refractivity contribution >= 4 is 38.2 Å². The molecular weight excluding hydrogens is 518 g/mol. The molecule has 0 fully saturated rings. The molecule has 2 heterocycles. The van der Waals surface area contributed by atoms with E-state index in [1.165, 1.54) is 4.57 Å². The van der Waals surface area contributed by atoms with Crippen molar-refractivity contribution in [3.63, 3.8) is 0 Å². The number of amides is 1. The number of rotatable bonds is 7. The van der Waals surface area contributed by atoms with E-state index in [1.807, 2.05) is 31.3 Å². The summed E-state index contributed by atoms with van der Waals surface area (Å²) in [5.74, 6) is 0.157. The number of carbonyl (C=O) groups excluding carboxylic acids is 2. The summed E-state index contributed by atoms with van der Waals surface area (Å²) in [5, 5.41) is -1.03. The monoisotopic (exact) mass is 547 g/mol. The van der Waals surface area contributed by atoms with Gasteiger partial charge in [0.1, 0.15) is 24.2 Å². The molecule has 1 aliphatic rings. The van der Waals surface area contributed by atoms with Gasteiger partial charge in [-0.25, -0.2) is 8.42 Å². The van der Waals surface area contributed by atoms with Gasteiger partial charge in [0.2, 0.25) is 5.91 Å². The number of likely N-dealkylation sites (N-methyl/N-ethyl adjacent to an activating group) is 1. The standard InChI is InChI=1S/C29H29N3O6S/c1-18-15-23-22(27(28(30)33)39(3,35)36)7-6-9-24(23)32(18)29(34)19-11-13-20(14-12-19)37-17-21-16-31(2)25-8-4-5-10-26(25)38-21/h4-15,21,27H,16-17H2,1-3H3,(H2,30,33)/t21-,27?/m0/s1. The van der Waals surface area contributed by atoms with E-state index >= 15 is 0 Å². The second kappa shape index (κ2) is 10.1. The van der Waals surface area contributed by atoms with E-state index in [2.05, 4.69) is 4.90 Å². The maximum Gasteiger partial charge on any atom is 0.262 e. The summed E-state index contributed by atoms with van der Waals surface area (Å²) in [5.41, 5.74) is 8.24. The third kappa shape index (κ3) is 5.07. The molecule has 10 heteroatoms. The molecule has 9 nitrogen and oxygen atoms in total. The number of sulfone groups is 1. The maximum atomic E-state index is 13.5. The van der Waals surface area contributed by atoms with Crippen molar-refractivity contribution < 1.29 is 27.5 Å². The fourth-order valence-electron chi connectivity index (χ4n) is 5.07. The molecule has 1 aliphatic heterocycles. The number of primary amides is 1. The fourth-order valence-corrected chi connectivity index (χ4v) is 6.16. The fraction of sp³-hybridized carbons (Fsp3) is 0.241. The van der Waals surface area contributed by atoms with Gasteiger partial charge in [0.05, 0.1) is 17.7 Å². The number of aromatic nitrogens is 1. The Balaban J connectivity index is 1.35. The third-order valence-electron chi connectivity index (χ3n) is 6.82. The number of nitrogens with two attached hydrogens (primary N) is 1. The van der Waals surface area contributed by atoms with E-state index in [0.717, 1.165) is 17.7 Å². The number of aryl methyl sites for hydroxylation is 1. The first kappa shape index (κ1) is 26.3. The highest BCUT2D eigenvalue weighted by atomic mass is 32.2. The van der Waals surface area contributed by atoms with Gasteiger partial charge in [0.15, 0.2) is 15.1 Å². The van der Waals surface area contributed by atoms with Crippen molar-refractivity contribution in [1.29, 1.82) is 0 Å². The molecule has 0 saturated heterocycles. The number of nitrogens with zero attached hydrogens (tertiary/aromatic N) is 2. The molecule has 5 rings (SSSR count). The Hall–Kier alpha value is -4.31. The van der Waals surface area contributed by atoms with Crippen LogP contribution in [0.4, 0.5) is 5.69 Å². The summed E-state index contributed by atoms with van der Waals surface area (Å²) in [4.78, 5) is 27.7. The van der Waals surface area contributed by atoms with Gasteiger partial charge >= 0.3 is 0 Å². The summed E-state index contributed by atoms with van der Waals surface area (Å²) in [6, 6.07) is 21.2. The van der Waals surface area contributed by atoms with Gasteiger partial charge in [0, 0.05) is 29.9 Å². The van der Waals surface area contributed by atoms with Crippen LogP contribution in [0.25, 0.3) is 10.9 Å². The zero-order chi connectivity index (χ0) is 27.9. The van der Waals surface area contributed by atoms with Crippen molar-refractivity contribution in [2.75, 3.05) is 31.4 Å². The van der Waals surface area contributed by atoms with Crippen molar-refractivity contribution in [1.82, 2.24) is 4.57 Å². The van der Waals surface area contributed by atoms with Crippen LogP contribution in [0.5, 0.6) is 11.5 Å². The molecule has 1 unspecified atom stereocenters. The largest absolute Gasteiger partial charge is 0.490 e. The zero-order valence-electron chi connectivity index (χ0n) is 21.8. The number of fused-ring (bicyclic) bond motifs is 2. The van der Waals surface area contributed by atoms with Crippen LogP contribution >= 0.6 is 0 Å². The number of para-hydroxylation sites is 2. The minimum atomic E-state index is -3.82. The second-order valence-corrected chi connectivity index (χ2v) is 11.9. The molecule has 1 aromatic heterocycles. The summed E-state index contributed by atoms with van der Waals surface area (Å²) in [7, 11) is -1.80. The number of benzene rings is 3. The Morgan fingerprint density at radius 3 is 2.49 bits per heavy atom. The molecule has 0 aliphatic carbocycles. The molecule has 0 spiro atoms. The van der Waals surface area contributed by atoms with Crippen molar-refractivity contribution in [3.05, 3.63) is 89.6 Å². The quantitative estimate of drug-likeness (QED) is 0.376. The lowest BCUT2D eigenvalue weighted by molar-refractivity contribution is -0.117. The van der Waals surface area contributed by atoms with Crippen LogP contribution < -0.4 is 20.1 Å². The van der Waals surface area contributed by atoms with Gasteiger partial charge in [-0.1, -0.05) is 24.3 Å². The Morgan fingerprint density at radius 2 is 1.79 bits per heavy atom. The highest BCUT2D eigenvalue weighted by molar-refractivity contribution is 7.91. The summed E-state index contributed by atoms with van der Waals surface area (Å²) in [6.45, 7) is 2.78. The van der Waals surface area contributed by atoms with Gasteiger partial charge in [-0.15, -0.1) is 0 Å². The van der Waals surface area contributed by atoms with Gasteiger partial charge in [-0.3, -0.25) is 14.2 Å². The molecule has 2 N–H and O–H groups in total. The second-order valence-electron chi connectivity index (χ2n) is 9.74. The third-order valence-corrected chi connectivity index (χ3v) is 8.16. The van der Waals surface area contributed by atoms with Crippen LogP contribution in [0.15, 0.2) is 72.8 Å². The summed E-state index contributed by atoms with van der Waals surface area (Å²) >= 11 is 0. The Kier molecular flexibility index (Phi) is 6.82. The summed E-state index contributed by atoms with van der Waals surface area (Å²) in [6.07, 6.45) is 0.822. The highest BCUT2D eigenvalue weighted by Gasteiger charge is 2.31. The number of hydrogen-bond acceptors (Lipinski definition) is 7. The SMILES string of the molecule is Cc1cc2c(C(C(N)=O)S(C)(=O)=O)cccc2n1C(=O)c1ccc(OC[C@@H]2CN(C)c3ccccc3O2)cc1. The Bertz CT molecular complexity index is 1680. The van der Waals surface area contributed by atoms with Crippen LogP contribution in [0.3, 0.4) is 0 Å². The normalized spacial score (nSPS) is 15.9. The van der Waals surface area contributed by atoms with Crippen LogP contribution in [0.1, 0.15) is 26.9 Å². The molecule has 39 heavy (non-hydrogen) atoms. The molecule has 202 valence electrons. The smallest absolute Gasteiger partial charge is 0.262 e. The topological polar surface area (TPSA) is 121 Å². The number of hydrogen-bond donors (Lipinski definition) is 1. The molecule has 0 saturated carbocycles. The van der Waals surface area contributed by atoms with E-state index in [4.69, 9.17) is 15.2 Å². The van der Waals surface area contributed by atoms with Crippen LogP contribution in [-0.4, -0.2) is 57.4 Å². The Morgan fingerprint density at radius 1 is 1.08 bits per heavy atom. The van der Waals surface area contributed by atoms with Gasteiger partial charge in [-0.05, 0) is 61.0 Å². The van der Waals surface area contributed by atoms with Crippen LogP contribution in [0, 0.1) is 6.92 Å². The maximum absolute atomic E-state index is 13.5. The van der Waals surface area contributed by atoms with E-state index in [0.29, 0.717) is 41.1 Å². The van der Waals surface area contributed by atoms with Crippen LogP contribution in [0.2, 0.25) is 0 Å². The van der Waals surface area contributed by atoms with E-state index in [9.17, 15) is 18.0 Å². The van der Waals surface area contributed by atoms with Gasteiger partial charge < -0.3 is 20.1 Å². The van der Waals surface area contributed by atoms with Crippen molar-refractivity contribution in [3.8, 4) is 11.5 Å². The molecule has 4 aromatic rings. The predicted molar refractivity (Wildman–Crippen MR) is 149 cm³/mol. The number of ether oxygens (including phenoxy) is 2. The minimum absolute atomic E-state index is 0.148. The lowest BCUT2D eigenvalue weighted by atomic mass is 10.1. The first-order valence-corrected chi connectivity index (χ1v) is 14.3. The molecular formula is C29H29N3O6S. The van der Waals surface area contributed by atoms with E-state index in [1.54, 1.807) is 55.5 Å². The average molecular weight is 548 g/mol. The first-order chi connectivity index (χ1) is 18.5. The van der Waals surface area contributed by atoms with Crippen LogP contribution in [-0.2, 0) is 14.6 Å². The average Bonchev–Trinajstić information content (AvgIpc) is 3.23. The molecule has 0 bridgehead atoms. The summed E-state index contributed by atoms with van der Waals surface area (Å²) < 4.78 is 38.2. The number of anilines is 1. The molecule has 0 radical (unpaired) electrons. The lowest BCUT2D eigenvalue weighted by Gasteiger charge is -2.33. The predicted octanol–water partition coefficient (Wildman–Crippen LogP) is 3.49. The van der Waals surface area contributed by atoms with Gasteiger partial charge in [-0.2, -0.15) is 0 Å². The molecule has 2 atom stereocenters. The highest BCUT2D eigenvalue weighted by Crippen LogP contribution is 2.33. The number of carbonyl (C=O) groups is 2.